The second-order valence-electron chi connectivity index (χ2n) is 9.36. The summed E-state index contributed by atoms with van der Waals surface area (Å²) >= 11 is 0. The van der Waals surface area contributed by atoms with Crippen molar-refractivity contribution < 1.29 is 29.2 Å². The maximum Gasteiger partial charge on any atom is 0.488 e. The Hall–Kier alpha value is -3.76. The summed E-state index contributed by atoms with van der Waals surface area (Å²) in [7, 11) is -1.64. The first-order chi connectivity index (χ1) is 17.0. The minimum atomic E-state index is -1.64. The van der Waals surface area contributed by atoms with E-state index < -0.39 is 24.7 Å². The summed E-state index contributed by atoms with van der Waals surface area (Å²) < 4.78 is 5.21. The van der Waals surface area contributed by atoms with Gasteiger partial charge in [-0.1, -0.05) is 42.5 Å². The number of aliphatic imine (C=N–C) groups is 1. The number of carbonyl (C=O) groups excluding carboxylic acids is 3. The largest absolute Gasteiger partial charge is 0.488 e. The lowest BCUT2D eigenvalue weighted by atomic mass is 9.80. The second-order valence-corrected chi connectivity index (χ2v) is 9.36. The van der Waals surface area contributed by atoms with Crippen molar-refractivity contribution in [1.82, 2.24) is 4.90 Å². The molecular formula is C26H30BN3O6. The number of hydrogen-bond donors (Lipinski definition) is 2. The topological polar surface area (TPSA) is 120 Å². The van der Waals surface area contributed by atoms with Gasteiger partial charge < -0.3 is 19.7 Å². The van der Waals surface area contributed by atoms with E-state index in [4.69, 9.17) is 4.74 Å². The minimum Gasteiger partial charge on any atom is -0.442 e. The highest BCUT2D eigenvalue weighted by molar-refractivity contribution is 6.58. The molecule has 2 aromatic rings. The van der Waals surface area contributed by atoms with Crippen LogP contribution in [0, 0.1) is 0 Å². The van der Waals surface area contributed by atoms with E-state index in [-0.39, 0.29) is 24.5 Å². The van der Waals surface area contributed by atoms with Gasteiger partial charge in [-0.15, -0.1) is 0 Å². The third-order valence-corrected chi connectivity index (χ3v) is 5.32. The van der Waals surface area contributed by atoms with E-state index in [9.17, 15) is 24.4 Å². The average Bonchev–Trinajstić information content (AvgIpc) is 3.28. The van der Waals surface area contributed by atoms with Crippen molar-refractivity contribution in [3.8, 4) is 0 Å². The SMILES string of the molecule is CC(C)(C)OC(=O)/N=C1/CCN(C(=O)CN(C(=O)/C=C/c2ccccc2)c2ccc(B(O)O)cc2)C1. The summed E-state index contributed by atoms with van der Waals surface area (Å²) in [5.74, 6) is -0.719. The van der Waals surface area contributed by atoms with Gasteiger partial charge in [-0.3, -0.25) is 14.5 Å². The molecule has 1 heterocycles. The first-order valence-corrected chi connectivity index (χ1v) is 11.6. The second kappa shape index (κ2) is 11.8. The fourth-order valence-electron chi connectivity index (χ4n) is 3.54. The molecule has 3 amide bonds. The third-order valence-electron chi connectivity index (χ3n) is 5.32. The number of hydrogen-bond acceptors (Lipinski definition) is 6. The van der Waals surface area contributed by atoms with E-state index in [1.165, 1.54) is 28.0 Å². The Labute approximate surface area is 210 Å². The molecular weight excluding hydrogens is 461 g/mol. The number of amides is 3. The van der Waals surface area contributed by atoms with Gasteiger partial charge in [0.25, 0.3) is 5.91 Å². The van der Waals surface area contributed by atoms with Gasteiger partial charge >= 0.3 is 13.2 Å². The molecule has 1 aliphatic rings. The predicted octanol–water partition coefficient (Wildman–Crippen LogP) is 2.02. The molecule has 2 aromatic carbocycles. The fourth-order valence-corrected chi connectivity index (χ4v) is 3.54. The Balaban J connectivity index is 1.75. The smallest absolute Gasteiger partial charge is 0.442 e. The van der Waals surface area contributed by atoms with Crippen molar-refractivity contribution >= 4 is 48.0 Å². The minimum absolute atomic E-state index is 0.176. The van der Waals surface area contributed by atoms with Crippen LogP contribution in [0.2, 0.25) is 0 Å². The monoisotopic (exact) mass is 491 g/mol. The molecule has 0 saturated carbocycles. The lowest BCUT2D eigenvalue weighted by Gasteiger charge is -2.24. The van der Waals surface area contributed by atoms with Crippen molar-refractivity contribution in [2.45, 2.75) is 32.8 Å². The quantitative estimate of drug-likeness (QED) is 0.472. The van der Waals surface area contributed by atoms with Gasteiger partial charge in [-0.05, 0) is 50.0 Å². The van der Waals surface area contributed by atoms with Crippen LogP contribution in [-0.4, -0.2) is 70.9 Å². The van der Waals surface area contributed by atoms with Crippen LogP contribution in [0.5, 0.6) is 0 Å². The summed E-state index contributed by atoms with van der Waals surface area (Å²) in [4.78, 5) is 45.0. The maximum absolute atomic E-state index is 13.1. The highest BCUT2D eigenvalue weighted by atomic mass is 16.6. The molecule has 9 nitrogen and oxygen atoms in total. The van der Waals surface area contributed by atoms with Crippen molar-refractivity contribution in [2.75, 3.05) is 24.5 Å². The molecule has 1 saturated heterocycles. The van der Waals surface area contributed by atoms with Crippen LogP contribution < -0.4 is 10.4 Å². The van der Waals surface area contributed by atoms with E-state index in [0.717, 1.165) is 5.56 Å². The van der Waals surface area contributed by atoms with Crippen LogP contribution in [0.1, 0.15) is 32.8 Å². The number of anilines is 1. The van der Waals surface area contributed by atoms with Crippen LogP contribution >= 0.6 is 0 Å². The molecule has 188 valence electrons. The number of benzene rings is 2. The molecule has 1 aliphatic heterocycles. The van der Waals surface area contributed by atoms with Crippen LogP contribution in [0.25, 0.3) is 6.08 Å². The van der Waals surface area contributed by atoms with E-state index in [0.29, 0.717) is 24.4 Å². The van der Waals surface area contributed by atoms with Gasteiger partial charge in [0.05, 0.1) is 6.54 Å². The predicted molar refractivity (Wildman–Crippen MR) is 139 cm³/mol. The molecule has 0 spiro atoms. The Morgan fingerprint density at radius 1 is 1.08 bits per heavy atom. The Bertz CT molecular complexity index is 1140. The molecule has 36 heavy (non-hydrogen) atoms. The molecule has 3 rings (SSSR count). The highest BCUT2D eigenvalue weighted by Crippen LogP contribution is 2.17. The molecule has 1 fully saturated rings. The zero-order valence-corrected chi connectivity index (χ0v) is 20.6. The van der Waals surface area contributed by atoms with Crippen molar-refractivity contribution in [3.05, 3.63) is 66.2 Å². The average molecular weight is 491 g/mol. The zero-order valence-electron chi connectivity index (χ0n) is 20.6. The summed E-state index contributed by atoms with van der Waals surface area (Å²) in [6.07, 6.45) is 2.79. The molecule has 0 atom stereocenters. The van der Waals surface area contributed by atoms with E-state index >= 15 is 0 Å². The molecule has 0 radical (unpaired) electrons. The van der Waals surface area contributed by atoms with E-state index in [1.807, 2.05) is 30.3 Å². The number of carbonyl (C=O) groups is 3. The molecule has 0 aromatic heterocycles. The van der Waals surface area contributed by atoms with Gasteiger partial charge in [0.1, 0.15) is 12.1 Å². The standard InChI is InChI=1S/C26H30BN3O6/c1-26(2,3)36-25(33)28-21-15-16-29(17-21)24(32)18-30(22-12-10-20(11-13-22)27(34)35)23(31)14-9-19-7-5-4-6-8-19/h4-14,34-35H,15-18H2,1-3H3/b14-9+,28-21-. The van der Waals surface area contributed by atoms with Crippen molar-refractivity contribution in [3.63, 3.8) is 0 Å². The van der Waals surface area contributed by atoms with Crippen LogP contribution in [0.3, 0.4) is 0 Å². The normalized spacial score (nSPS) is 14.8. The first-order valence-electron chi connectivity index (χ1n) is 11.6. The number of ether oxygens (including phenoxy) is 1. The summed E-state index contributed by atoms with van der Waals surface area (Å²) in [5.41, 5.74) is 1.40. The number of rotatable bonds is 6. The molecule has 0 bridgehead atoms. The van der Waals surface area contributed by atoms with Gasteiger partial charge in [0.2, 0.25) is 5.91 Å². The lowest BCUT2D eigenvalue weighted by molar-refractivity contribution is -0.129. The molecule has 2 N–H and O–H groups in total. The van der Waals surface area contributed by atoms with E-state index in [2.05, 4.69) is 4.99 Å². The van der Waals surface area contributed by atoms with Crippen LogP contribution in [-0.2, 0) is 14.3 Å². The molecule has 0 aliphatic carbocycles. The van der Waals surface area contributed by atoms with E-state index in [1.54, 1.807) is 39.0 Å². The Kier molecular flexibility index (Phi) is 8.79. The fraction of sp³-hybridized carbons (Fsp3) is 0.308. The van der Waals surface area contributed by atoms with Gasteiger partial charge in [0.15, 0.2) is 0 Å². The zero-order chi connectivity index (χ0) is 26.3. The van der Waals surface area contributed by atoms with Crippen LogP contribution in [0.15, 0.2) is 65.7 Å². The number of likely N-dealkylation sites (tertiary alicyclic amines) is 1. The van der Waals surface area contributed by atoms with Gasteiger partial charge in [0, 0.05) is 30.4 Å². The Morgan fingerprint density at radius 2 is 1.75 bits per heavy atom. The highest BCUT2D eigenvalue weighted by Gasteiger charge is 2.27. The summed E-state index contributed by atoms with van der Waals surface area (Å²) in [6.45, 7) is 5.57. The summed E-state index contributed by atoms with van der Waals surface area (Å²) in [5, 5.41) is 18.7. The van der Waals surface area contributed by atoms with Gasteiger partial charge in [-0.25, -0.2) is 4.79 Å². The van der Waals surface area contributed by atoms with Crippen molar-refractivity contribution in [1.29, 1.82) is 0 Å². The first kappa shape index (κ1) is 26.8. The Morgan fingerprint density at radius 3 is 2.36 bits per heavy atom. The maximum atomic E-state index is 13.1. The van der Waals surface area contributed by atoms with Crippen molar-refractivity contribution in [2.24, 2.45) is 4.99 Å². The third kappa shape index (κ3) is 7.89. The molecule has 10 heteroatoms. The number of nitrogens with zero attached hydrogens (tertiary/aromatic N) is 3. The molecule has 0 unspecified atom stereocenters. The lowest BCUT2D eigenvalue weighted by Crippen LogP contribution is -2.42. The summed E-state index contributed by atoms with van der Waals surface area (Å²) in [6, 6.07) is 15.4. The van der Waals surface area contributed by atoms with Gasteiger partial charge in [-0.2, -0.15) is 4.99 Å². The van der Waals surface area contributed by atoms with Crippen LogP contribution in [0.4, 0.5) is 10.5 Å².